The van der Waals surface area contributed by atoms with E-state index in [0.717, 1.165) is 6.42 Å². The van der Waals surface area contributed by atoms with E-state index >= 15 is 0 Å². The molecule has 0 atom stereocenters. The molecule has 0 radical (unpaired) electrons. The van der Waals surface area contributed by atoms with E-state index in [1.54, 1.807) is 18.4 Å². The van der Waals surface area contributed by atoms with Gasteiger partial charge in [0, 0.05) is 7.11 Å². The van der Waals surface area contributed by atoms with Crippen molar-refractivity contribution in [3.8, 4) is 0 Å². The van der Waals surface area contributed by atoms with E-state index in [2.05, 4.69) is 27.4 Å². The van der Waals surface area contributed by atoms with Crippen molar-refractivity contribution in [2.45, 2.75) is 6.42 Å². The Morgan fingerprint density at radius 1 is 1.27 bits per heavy atom. The molecular formula is C10H15BrO3S. The van der Waals surface area contributed by atoms with E-state index in [9.17, 15) is 0 Å². The quantitative estimate of drug-likeness (QED) is 0.545. The Balaban J connectivity index is 1.96. The zero-order chi connectivity index (χ0) is 10.9. The maximum Gasteiger partial charge on any atom is 0.146 e. The Hall–Kier alpha value is 0.0600. The van der Waals surface area contributed by atoms with Crippen molar-refractivity contribution >= 4 is 27.3 Å². The summed E-state index contributed by atoms with van der Waals surface area (Å²) in [5.41, 5.74) is 1.29. The molecule has 0 saturated heterocycles. The monoisotopic (exact) mass is 294 g/mol. The van der Waals surface area contributed by atoms with Crippen molar-refractivity contribution in [3.63, 3.8) is 0 Å². The summed E-state index contributed by atoms with van der Waals surface area (Å²) in [6.07, 6.45) is 0.914. The van der Waals surface area contributed by atoms with Gasteiger partial charge in [0.1, 0.15) is 6.79 Å². The SMILES string of the molecule is COCCOCOCCc1ccsc1Br. The predicted molar refractivity (Wildman–Crippen MR) is 64.4 cm³/mol. The molecule has 0 aliphatic heterocycles. The van der Waals surface area contributed by atoms with Crippen LogP contribution in [0.2, 0.25) is 0 Å². The van der Waals surface area contributed by atoms with Gasteiger partial charge in [0.05, 0.1) is 23.6 Å². The molecule has 1 aromatic rings. The molecule has 0 aliphatic rings. The summed E-state index contributed by atoms with van der Waals surface area (Å²) in [7, 11) is 1.65. The summed E-state index contributed by atoms with van der Waals surface area (Å²) >= 11 is 5.18. The van der Waals surface area contributed by atoms with Gasteiger partial charge in [-0.15, -0.1) is 11.3 Å². The van der Waals surface area contributed by atoms with Crippen molar-refractivity contribution in [2.24, 2.45) is 0 Å². The number of hydrogen-bond donors (Lipinski definition) is 0. The van der Waals surface area contributed by atoms with Crippen LogP contribution in [0.25, 0.3) is 0 Å². The van der Waals surface area contributed by atoms with Crippen LogP contribution in [0, 0.1) is 0 Å². The molecule has 0 unspecified atom stereocenters. The number of methoxy groups -OCH3 is 1. The molecule has 1 heterocycles. The van der Waals surface area contributed by atoms with Gasteiger partial charge in [0.2, 0.25) is 0 Å². The zero-order valence-electron chi connectivity index (χ0n) is 8.70. The van der Waals surface area contributed by atoms with E-state index < -0.39 is 0 Å². The van der Waals surface area contributed by atoms with E-state index in [1.165, 1.54) is 9.35 Å². The largest absolute Gasteiger partial charge is 0.382 e. The molecule has 1 aromatic heterocycles. The normalized spacial score (nSPS) is 10.8. The third-order valence-corrected chi connectivity index (χ3v) is 3.62. The van der Waals surface area contributed by atoms with E-state index in [1.807, 2.05) is 0 Å². The molecule has 0 aliphatic carbocycles. The van der Waals surface area contributed by atoms with Gasteiger partial charge in [0.15, 0.2) is 0 Å². The predicted octanol–water partition coefficient (Wildman–Crippen LogP) is 2.69. The van der Waals surface area contributed by atoms with Crippen LogP contribution in [-0.2, 0) is 20.6 Å². The molecule has 0 N–H and O–H groups in total. The fraction of sp³-hybridized carbons (Fsp3) is 0.600. The molecule has 0 bridgehead atoms. The second kappa shape index (κ2) is 8.24. The van der Waals surface area contributed by atoms with Gasteiger partial charge < -0.3 is 14.2 Å². The van der Waals surface area contributed by atoms with Crippen LogP contribution in [0.15, 0.2) is 15.2 Å². The van der Waals surface area contributed by atoms with Gasteiger partial charge in [-0.25, -0.2) is 0 Å². The van der Waals surface area contributed by atoms with Gasteiger partial charge in [-0.2, -0.15) is 0 Å². The minimum atomic E-state index is 0.338. The van der Waals surface area contributed by atoms with Crippen molar-refractivity contribution in [1.29, 1.82) is 0 Å². The lowest BCUT2D eigenvalue weighted by molar-refractivity contribution is -0.0647. The Bertz CT molecular complexity index is 265. The molecule has 3 nitrogen and oxygen atoms in total. The van der Waals surface area contributed by atoms with Crippen LogP contribution >= 0.6 is 27.3 Å². The van der Waals surface area contributed by atoms with Crippen LogP contribution in [0.1, 0.15) is 5.56 Å². The first-order valence-corrected chi connectivity index (χ1v) is 6.38. The molecule has 0 fully saturated rings. The summed E-state index contributed by atoms with van der Waals surface area (Å²) in [5.74, 6) is 0. The van der Waals surface area contributed by atoms with Crippen LogP contribution in [0.4, 0.5) is 0 Å². The minimum absolute atomic E-state index is 0.338. The second-order valence-electron chi connectivity index (χ2n) is 2.90. The van der Waals surface area contributed by atoms with Crippen LogP contribution < -0.4 is 0 Å². The first-order chi connectivity index (χ1) is 7.34. The first kappa shape index (κ1) is 13.1. The summed E-state index contributed by atoms with van der Waals surface area (Å²) in [4.78, 5) is 0. The van der Waals surface area contributed by atoms with E-state index in [0.29, 0.717) is 26.6 Å². The summed E-state index contributed by atoms with van der Waals surface area (Å²) in [6.45, 7) is 2.21. The highest BCUT2D eigenvalue weighted by atomic mass is 79.9. The number of thiophene rings is 1. The van der Waals surface area contributed by atoms with Crippen molar-refractivity contribution < 1.29 is 14.2 Å². The molecule has 0 aromatic carbocycles. The molecule has 0 spiro atoms. The van der Waals surface area contributed by atoms with Crippen LogP contribution in [0.3, 0.4) is 0 Å². The van der Waals surface area contributed by atoms with Gasteiger partial charge in [-0.05, 0) is 39.4 Å². The average Bonchev–Trinajstić information content (AvgIpc) is 2.63. The highest BCUT2D eigenvalue weighted by molar-refractivity contribution is 9.11. The lowest BCUT2D eigenvalue weighted by Crippen LogP contribution is -2.07. The smallest absolute Gasteiger partial charge is 0.146 e. The zero-order valence-corrected chi connectivity index (χ0v) is 11.1. The maximum atomic E-state index is 5.31. The first-order valence-electron chi connectivity index (χ1n) is 4.71. The number of ether oxygens (including phenoxy) is 3. The average molecular weight is 295 g/mol. The van der Waals surface area contributed by atoms with Gasteiger partial charge in [0.25, 0.3) is 0 Å². The molecule has 0 saturated carbocycles. The van der Waals surface area contributed by atoms with Crippen molar-refractivity contribution in [2.75, 3.05) is 33.7 Å². The molecule has 15 heavy (non-hydrogen) atoms. The number of hydrogen-bond acceptors (Lipinski definition) is 4. The van der Waals surface area contributed by atoms with Gasteiger partial charge >= 0.3 is 0 Å². The van der Waals surface area contributed by atoms with Gasteiger partial charge in [-0.3, -0.25) is 0 Å². The Kier molecular flexibility index (Phi) is 7.21. The second-order valence-corrected chi connectivity index (χ2v) is 5.13. The fourth-order valence-corrected chi connectivity index (χ4v) is 2.33. The van der Waals surface area contributed by atoms with Crippen LogP contribution in [-0.4, -0.2) is 33.7 Å². The Morgan fingerprint density at radius 2 is 2.07 bits per heavy atom. The highest BCUT2D eigenvalue weighted by Gasteiger charge is 2.00. The van der Waals surface area contributed by atoms with Crippen LogP contribution in [0.5, 0.6) is 0 Å². The maximum absolute atomic E-state index is 5.31. The summed E-state index contributed by atoms with van der Waals surface area (Å²) in [6, 6.07) is 2.10. The summed E-state index contributed by atoms with van der Waals surface area (Å²) < 4.78 is 16.5. The van der Waals surface area contributed by atoms with Gasteiger partial charge in [-0.1, -0.05) is 0 Å². The minimum Gasteiger partial charge on any atom is -0.382 e. The van der Waals surface area contributed by atoms with Crippen molar-refractivity contribution in [1.82, 2.24) is 0 Å². The lowest BCUT2D eigenvalue weighted by Gasteiger charge is -2.04. The number of rotatable bonds is 8. The third kappa shape index (κ3) is 5.63. The molecular weight excluding hydrogens is 280 g/mol. The Labute approximate surface area is 102 Å². The Morgan fingerprint density at radius 3 is 2.73 bits per heavy atom. The van der Waals surface area contributed by atoms with Crippen molar-refractivity contribution in [3.05, 3.63) is 20.8 Å². The number of halogens is 1. The van der Waals surface area contributed by atoms with E-state index in [-0.39, 0.29) is 0 Å². The topological polar surface area (TPSA) is 27.7 Å². The molecule has 86 valence electrons. The molecule has 1 rings (SSSR count). The lowest BCUT2D eigenvalue weighted by atomic mass is 10.3. The standard InChI is InChI=1S/C10H15BrO3S/c1-12-5-6-14-8-13-4-2-9-3-7-15-10(9)11/h3,7H,2,4-6,8H2,1H3. The highest BCUT2D eigenvalue weighted by Crippen LogP contribution is 2.23. The van der Waals surface area contributed by atoms with E-state index in [4.69, 9.17) is 14.2 Å². The fourth-order valence-electron chi connectivity index (χ4n) is 1.000. The third-order valence-electron chi connectivity index (χ3n) is 1.81. The molecule has 5 heteroatoms. The summed E-state index contributed by atoms with van der Waals surface area (Å²) in [5, 5.41) is 2.06. The molecule has 0 amide bonds.